The van der Waals surface area contributed by atoms with Crippen LogP contribution in [0.1, 0.15) is 36.0 Å². The van der Waals surface area contributed by atoms with Crippen molar-refractivity contribution in [1.82, 2.24) is 5.32 Å². The van der Waals surface area contributed by atoms with Crippen LogP contribution in [0.15, 0.2) is 42.5 Å². The Kier molecular flexibility index (Phi) is 6.03. The van der Waals surface area contributed by atoms with Gasteiger partial charge in [-0.15, -0.1) is 0 Å². The van der Waals surface area contributed by atoms with Crippen LogP contribution in [-0.4, -0.2) is 30.5 Å². The minimum atomic E-state index is -1.28. The molecule has 2 aromatic rings. The van der Waals surface area contributed by atoms with Gasteiger partial charge < -0.3 is 15.2 Å². The van der Waals surface area contributed by atoms with E-state index >= 15 is 0 Å². The molecule has 3 rings (SSSR count). The van der Waals surface area contributed by atoms with Crippen LogP contribution in [0.2, 0.25) is 0 Å². The zero-order chi connectivity index (χ0) is 21.2. The molecule has 1 fully saturated rings. The average Bonchev–Trinajstić information content (AvgIpc) is 2.97. The van der Waals surface area contributed by atoms with Gasteiger partial charge in [0.1, 0.15) is 17.3 Å². The van der Waals surface area contributed by atoms with Gasteiger partial charge >= 0.3 is 0 Å². The van der Waals surface area contributed by atoms with Gasteiger partial charge in [0, 0.05) is 13.0 Å². The molecule has 1 aliphatic carbocycles. The molecule has 6 heteroatoms. The quantitative estimate of drug-likeness (QED) is 0.783. The minimum Gasteiger partial charge on any atom is -0.497 e. The number of carbonyl (C=O) groups is 2. The number of hydrogen-bond acceptors (Lipinski definition) is 4. The van der Waals surface area contributed by atoms with E-state index in [1.165, 1.54) is 24.3 Å². The fourth-order valence-corrected chi connectivity index (χ4v) is 4.32. The van der Waals surface area contributed by atoms with Gasteiger partial charge in [0.2, 0.25) is 5.91 Å². The number of Topliss-reactive ketones (excluding diaryl/α,β-unsaturated/α-hetero) is 1. The lowest BCUT2D eigenvalue weighted by Crippen LogP contribution is -2.49. The molecule has 0 saturated heterocycles. The van der Waals surface area contributed by atoms with E-state index in [-0.39, 0.29) is 30.6 Å². The summed E-state index contributed by atoms with van der Waals surface area (Å²) in [6, 6.07) is 11.1. The average molecular weight is 399 g/mol. The first-order valence-corrected chi connectivity index (χ1v) is 9.64. The molecule has 0 bridgehead atoms. The van der Waals surface area contributed by atoms with Crippen molar-refractivity contribution in [3.05, 3.63) is 65.0 Å². The Hall–Kier alpha value is -2.73. The summed E-state index contributed by atoms with van der Waals surface area (Å²) in [5.74, 6) is -1.32. The van der Waals surface area contributed by atoms with Crippen LogP contribution in [0.3, 0.4) is 0 Å². The number of halogens is 1. The normalized spacial score (nSPS) is 23.8. The van der Waals surface area contributed by atoms with E-state index in [4.69, 9.17) is 4.74 Å². The van der Waals surface area contributed by atoms with Gasteiger partial charge in [-0.05, 0) is 53.8 Å². The number of benzene rings is 2. The molecular formula is C23H26FNO4. The Morgan fingerprint density at radius 1 is 1.28 bits per heavy atom. The molecule has 2 aromatic carbocycles. The molecular weight excluding hydrogens is 373 g/mol. The number of hydrogen-bond donors (Lipinski definition) is 2. The molecule has 0 spiro atoms. The van der Waals surface area contributed by atoms with Crippen LogP contribution in [0.4, 0.5) is 4.39 Å². The third kappa shape index (κ3) is 3.77. The third-order valence-electron chi connectivity index (χ3n) is 6.10. The summed E-state index contributed by atoms with van der Waals surface area (Å²) in [5, 5.41) is 13.2. The van der Waals surface area contributed by atoms with Gasteiger partial charge in [0.05, 0.1) is 25.0 Å². The number of rotatable bonds is 6. The van der Waals surface area contributed by atoms with E-state index in [2.05, 4.69) is 5.32 Å². The minimum absolute atomic E-state index is 0.117. The first-order chi connectivity index (χ1) is 13.8. The van der Waals surface area contributed by atoms with Crippen LogP contribution in [0.25, 0.3) is 0 Å². The van der Waals surface area contributed by atoms with Crippen molar-refractivity contribution < 1.29 is 23.8 Å². The molecule has 1 amide bonds. The lowest BCUT2D eigenvalue weighted by atomic mass is 9.69. The van der Waals surface area contributed by atoms with Crippen LogP contribution in [0, 0.1) is 24.1 Å². The van der Waals surface area contributed by atoms with Gasteiger partial charge in [0.25, 0.3) is 0 Å². The third-order valence-corrected chi connectivity index (χ3v) is 6.10. The molecule has 0 aromatic heterocycles. The summed E-state index contributed by atoms with van der Waals surface area (Å²) >= 11 is 0. The van der Waals surface area contributed by atoms with Gasteiger partial charge in [0.15, 0.2) is 0 Å². The highest BCUT2D eigenvalue weighted by molar-refractivity contribution is 5.99. The lowest BCUT2D eigenvalue weighted by Gasteiger charge is -2.35. The van der Waals surface area contributed by atoms with Crippen molar-refractivity contribution in [2.24, 2.45) is 11.3 Å². The number of carbonyl (C=O) groups excluding carboxylic acids is 2. The maximum atomic E-state index is 13.4. The van der Waals surface area contributed by atoms with Crippen molar-refractivity contribution in [2.45, 2.75) is 32.7 Å². The molecule has 5 nitrogen and oxygen atoms in total. The Morgan fingerprint density at radius 3 is 2.55 bits per heavy atom. The monoisotopic (exact) mass is 399 g/mol. The van der Waals surface area contributed by atoms with E-state index in [1.807, 2.05) is 25.1 Å². The van der Waals surface area contributed by atoms with E-state index in [0.29, 0.717) is 5.56 Å². The SMILES string of the molecule is COc1ccc(CNC(=O)C2(CO)C(C)CC(=O)C2c2ccc(F)cc2)c(C)c1. The topological polar surface area (TPSA) is 75.6 Å². The highest BCUT2D eigenvalue weighted by atomic mass is 19.1. The summed E-state index contributed by atoms with van der Waals surface area (Å²) in [7, 11) is 1.59. The molecule has 154 valence electrons. The van der Waals surface area contributed by atoms with Gasteiger partial charge in [-0.3, -0.25) is 9.59 Å². The first kappa shape index (κ1) is 21.0. The van der Waals surface area contributed by atoms with E-state index in [0.717, 1.165) is 16.9 Å². The number of aliphatic hydroxyl groups is 1. The van der Waals surface area contributed by atoms with Gasteiger partial charge in [-0.1, -0.05) is 25.1 Å². The summed E-state index contributed by atoms with van der Waals surface area (Å²) in [4.78, 5) is 26.0. The standard InChI is InChI=1S/C23H26FNO4/c1-14-10-19(29-3)9-6-17(14)12-25-22(28)23(13-26)15(2)11-20(27)21(23)16-4-7-18(24)8-5-16/h4-10,15,21,26H,11-13H2,1-3H3,(H,25,28). The van der Waals surface area contributed by atoms with Crippen LogP contribution < -0.4 is 10.1 Å². The maximum absolute atomic E-state index is 13.4. The molecule has 3 unspecified atom stereocenters. The molecule has 3 atom stereocenters. The van der Waals surface area contributed by atoms with Crippen LogP contribution in [0.5, 0.6) is 5.75 Å². The largest absolute Gasteiger partial charge is 0.497 e. The molecule has 1 aliphatic rings. The second-order valence-corrected chi connectivity index (χ2v) is 7.73. The zero-order valence-electron chi connectivity index (χ0n) is 16.9. The number of amides is 1. The molecule has 1 saturated carbocycles. The second-order valence-electron chi connectivity index (χ2n) is 7.73. The fraction of sp³-hybridized carbons (Fsp3) is 0.391. The van der Waals surface area contributed by atoms with Crippen molar-refractivity contribution >= 4 is 11.7 Å². The highest BCUT2D eigenvalue weighted by Gasteiger charge is 2.58. The van der Waals surface area contributed by atoms with E-state index in [9.17, 15) is 19.1 Å². The smallest absolute Gasteiger partial charge is 0.230 e. The Labute approximate surface area is 169 Å². The molecule has 0 radical (unpaired) electrons. The van der Waals surface area contributed by atoms with Crippen molar-refractivity contribution in [1.29, 1.82) is 0 Å². The Morgan fingerprint density at radius 2 is 1.97 bits per heavy atom. The fourth-order valence-electron chi connectivity index (χ4n) is 4.32. The highest BCUT2D eigenvalue weighted by Crippen LogP contribution is 2.51. The summed E-state index contributed by atoms with van der Waals surface area (Å²) in [6.07, 6.45) is 0.192. The second kappa shape index (κ2) is 8.33. The zero-order valence-corrected chi connectivity index (χ0v) is 16.9. The molecule has 29 heavy (non-hydrogen) atoms. The van der Waals surface area contributed by atoms with Gasteiger partial charge in [-0.2, -0.15) is 0 Å². The number of aryl methyl sites for hydroxylation is 1. The number of nitrogens with one attached hydrogen (secondary N) is 1. The summed E-state index contributed by atoms with van der Waals surface area (Å²) in [5.41, 5.74) is 1.15. The van der Waals surface area contributed by atoms with Crippen molar-refractivity contribution in [3.63, 3.8) is 0 Å². The van der Waals surface area contributed by atoms with Crippen LogP contribution in [-0.2, 0) is 16.1 Å². The van der Waals surface area contributed by atoms with Gasteiger partial charge in [-0.25, -0.2) is 4.39 Å². The molecule has 0 heterocycles. The van der Waals surface area contributed by atoms with Crippen LogP contribution >= 0.6 is 0 Å². The number of ether oxygens (including phenoxy) is 1. The Bertz CT molecular complexity index is 912. The summed E-state index contributed by atoms with van der Waals surface area (Å²) < 4.78 is 18.6. The number of methoxy groups -OCH3 is 1. The maximum Gasteiger partial charge on any atom is 0.230 e. The predicted octanol–water partition coefficient (Wildman–Crippen LogP) is 3.13. The first-order valence-electron chi connectivity index (χ1n) is 9.64. The molecule has 0 aliphatic heterocycles. The predicted molar refractivity (Wildman–Crippen MR) is 107 cm³/mol. The Balaban J connectivity index is 1.88. The molecule has 2 N–H and O–H groups in total. The van der Waals surface area contributed by atoms with Crippen molar-refractivity contribution in [2.75, 3.05) is 13.7 Å². The number of aliphatic hydroxyl groups excluding tert-OH is 1. The van der Waals surface area contributed by atoms with E-state index < -0.39 is 23.8 Å². The lowest BCUT2D eigenvalue weighted by molar-refractivity contribution is -0.138. The number of ketones is 1. The van der Waals surface area contributed by atoms with E-state index in [1.54, 1.807) is 14.0 Å². The van der Waals surface area contributed by atoms with Crippen molar-refractivity contribution in [3.8, 4) is 5.75 Å². The summed E-state index contributed by atoms with van der Waals surface area (Å²) in [6.45, 7) is 3.54.